The van der Waals surface area contributed by atoms with Crippen molar-refractivity contribution in [1.29, 1.82) is 5.26 Å². The molecule has 1 heterocycles. The van der Waals surface area contributed by atoms with E-state index in [2.05, 4.69) is 16.3 Å². The van der Waals surface area contributed by atoms with Crippen molar-refractivity contribution in [2.24, 2.45) is 10.9 Å². The molecule has 0 amide bonds. The van der Waals surface area contributed by atoms with Gasteiger partial charge < -0.3 is 18.9 Å². The number of nitrogens with zero attached hydrogens (tertiary/aromatic N) is 3. The van der Waals surface area contributed by atoms with Crippen LogP contribution in [0, 0.1) is 17.4 Å². The van der Waals surface area contributed by atoms with E-state index in [1.165, 1.54) is 0 Å². The highest BCUT2D eigenvalue weighted by Gasteiger charge is 2.37. The fraction of sp³-hybridized carbons (Fsp3) is 0.407. The van der Waals surface area contributed by atoms with Gasteiger partial charge in [0.05, 0.1) is 16.1 Å². The van der Waals surface area contributed by atoms with E-state index in [9.17, 15) is 9.81 Å². The molecule has 2 aromatic carbocycles. The maximum atomic E-state index is 13.2. The maximum Gasteiger partial charge on any atom is 0.308 e. The Morgan fingerprint density at radius 3 is 2.51 bits per heavy atom. The zero-order chi connectivity index (χ0) is 27.0. The van der Waals surface area contributed by atoms with Crippen LogP contribution in [-0.4, -0.2) is 39.9 Å². The SMILES string of the molecule is C=CCOc1cc(Cl)c(Cl)cc1C(N[S+]([O-])C(C)(C)C)C1CCN(C(=NC#N)Oc2ccccc2)CC1. The van der Waals surface area contributed by atoms with Crippen LogP contribution in [0.3, 0.4) is 0 Å². The minimum Gasteiger partial charge on any atom is -0.598 e. The lowest BCUT2D eigenvalue weighted by Gasteiger charge is -2.38. The van der Waals surface area contributed by atoms with E-state index in [4.69, 9.17) is 32.7 Å². The van der Waals surface area contributed by atoms with Gasteiger partial charge in [0.2, 0.25) is 6.19 Å². The molecule has 1 N–H and O–H groups in total. The average Bonchev–Trinajstić information content (AvgIpc) is 2.87. The molecular weight excluding hydrogens is 531 g/mol. The fourth-order valence-electron chi connectivity index (χ4n) is 3.99. The second-order valence-electron chi connectivity index (χ2n) is 9.61. The van der Waals surface area contributed by atoms with Gasteiger partial charge in [0, 0.05) is 36.1 Å². The first-order valence-corrected chi connectivity index (χ1v) is 13.9. The molecule has 0 bridgehead atoms. The van der Waals surface area contributed by atoms with E-state index in [0.29, 0.717) is 41.2 Å². The van der Waals surface area contributed by atoms with Crippen molar-refractivity contribution in [1.82, 2.24) is 9.62 Å². The molecule has 2 aromatic rings. The quantitative estimate of drug-likeness (QED) is 0.134. The average molecular weight is 564 g/mol. The summed E-state index contributed by atoms with van der Waals surface area (Å²) in [5, 5.41) is 10.0. The lowest BCUT2D eigenvalue weighted by Crippen LogP contribution is -2.47. The highest BCUT2D eigenvalue weighted by Crippen LogP contribution is 2.41. The third-order valence-corrected chi connectivity index (χ3v) is 8.22. The molecule has 0 aliphatic carbocycles. The topological polar surface area (TPSA) is 92.9 Å². The van der Waals surface area contributed by atoms with E-state index < -0.39 is 16.1 Å². The number of ether oxygens (including phenoxy) is 2. The van der Waals surface area contributed by atoms with Crippen molar-refractivity contribution in [2.45, 2.75) is 44.4 Å². The van der Waals surface area contributed by atoms with Crippen LogP contribution in [0.2, 0.25) is 10.0 Å². The molecule has 1 aliphatic rings. The van der Waals surface area contributed by atoms with Crippen LogP contribution in [0.5, 0.6) is 11.5 Å². The summed E-state index contributed by atoms with van der Waals surface area (Å²) in [5.41, 5.74) is 0.791. The zero-order valence-electron chi connectivity index (χ0n) is 21.2. The lowest BCUT2D eigenvalue weighted by atomic mass is 9.85. The number of benzene rings is 2. The largest absolute Gasteiger partial charge is 0.598 e. The third kappa shape index (κ3) is 8.03. The summed E-state index contributed by atoms with van der Waals surface area (Å²) in [7, 11) is 0. The van der Waals surface area contributed by atoms with Gasteiger partial charge in [-0.25, -0.2) is 0 Å². The molecule has 0 saturated carbocycles. The maximum absolute atomic E-state index is 13.2. The van der Waals surface area contributed by atoms with Gasteiger partial charge in [0.15, 0.2) is 0 Å². The third-order valence-electron chi connectivity index (χ3n) is 5.91. The van der Waals surface area contributed by atoms with Crippen molar-refractivity contribution in [3.8, 4) is 17.7 Å². The molecule has 1 saturated heterocycles. The Kier molecular flexibility index (Phi) is 10.6. The Hall–Kier alpha value is -2.41. The molecule has 1 fully saturated rings. The highest BCUT2D eigenvalue weighted by molar-refractivity contribution is 7.90. The Morgan fingerprint density at radius 2 is 1.92 bits per heavy atom. The molecule has 2 atom stereocenters. The minimum absolute atomic E-state index is 0.0888. The first-order chi connectivity index (χ1) is 17.6. The number of piperidine rings is 1. The summed E-state index contributed by atoms with van der Waals surface area (Å²) in [4.78, 5) is 5.87. The van der Waals surface area contributed by atoms with Crippen molar-refractivity contribution >= 4 is 40.6 Å². The van der Waals surface area contributed by atoms with Crippen molar-refractivity contribution in [2.75, 3.05) is 19.7 Å². The number of aliphatic imine (C=N–C) groups is 1. The van der Waals surface area contributed by atoms with E-state index in [-0.39, 0.29) is 18.0 Å². The first-order valence-electron chi connectivity index (χ1n) is 12.0. The lowest BCUT2D eigenvalue weighted by molar-refractivity contribution is 0.207. The van der Waals surface area contributed by atoms with Crippen LogP contribution in [0.4, 0.5) is 0 Å². The molecule has 0 radical (unpaired) electrons. The van der Waals surface area contributed by atoms with Crippen LogP contribution in [0.1, 0.15) is 45.2 Å². The van der Waals surface area contributed by atoms with Crippen molar-refractivity contribution in [3.63, 3.8) is 0 Å². The smallest absolute Gasteiger partial charge is 0.308 e. The van der Waals surface area contributed by atoms with Gasteiger partial charge in [0.25, 0.3) is 0 Å². The number of hydrogen-bond donors (Lipinski definition) is 1. The monoisotopic (exact) mass is 562 g/mol. The summed E-state index contributed by atoms with van der Waals surface area (Å²) < 4.78 is 27.9. The number of para-hydroxylation sites is 1. The molecule has 198 valence electrons. The van der Waals surface area contributed by atoms with Crippen molar-refractivity contribution < 1.29 is 14.0 Å². The summed E-state index contributed by atoms with van der Waals surface area (Å²) >= 11 is 11.4. The molecule has 0 spiro atoms. The predicted molar refractivity (Wildman–Crippen MR) is 150 cm³/mol. The second-order valence-corrected chi connectivity index (χ2v) is 12.4. The van der Waals surface area contributed by atoms with E-state index in [1.807, 2.05) is 62.2 Å². The van der Waals surface area contributed by atoms with Crippen LogP contribution < -0.4 is 14.2 Å². The van der Waals surface area contributed by atoms with Crippen LogP contribution in [0.15, 0.2) is 60.1 Å². The second kappa shape index (κ2) is 13.4. The summed E-state index contributed by atoms with van der Waals surface area (Å²) in [5.74, 6) is 1.27. The Bertz CT molecular complexity index is 1130. The molecular formula is C27H32Cl2N4O3S. The zero-order valence-corrected chi connectivity index (χ0v) is 23.6. The van der Waals surface area contributed by atoms with Crippen molar-refractivity contribution in [3.05, 3.63) is 70.7 Å². The number of rotatable bonds is 8. The fourth-order valence-corrected chi connectivity index (χ4v) is 5.21. The number of hydrogen-bond acceptors (Lipinski definition) is 6. The summed E-state index contributed by atoms with van der Waals surface area (Å²) in [6, 6.07) is 12.7. The molecule has 0 aromatic heterocycles. The molecule has 2 unspecified atom stereocenters. The Morgan fingerprint density at radius 1 is 1.27 bits per heavy atom. The number of nitrogens with one attached hydrogen (secondary N) is 1. The number of amidine groups is 1. The van der Waals surface area contributed by atoms with Gasteiger partial charge in [-0.15, -0.1) is 9.71 Å². The van der Waals surface area contributed by atoms with E-state index in [1.54, 1.807) is 18.2 Å². The van der Waals surface area contributed by atoms with Crippen LogP contribution >= 0.6 is 23.2 Å². The van der Waals surface area contributed by atoms with Crippen LogP contribution in [-0.2, 0) is 11.4 Å². The molecule has 1 aliphatic heterocycles. The first kappa shape index (κ1) is 29.2. The normalized spacial score (nSPS) is 16.6. The number of halogens is 2. The van der Waals surface area contributed by atoms with Gasteiger partial charge in [-0.05, 0) is 57.7 Å². The summed E-state index contributed by atoms with van der Waals surface area (Å²) in [6.07, 6.45) is 4.95. The number of nitriles is 1. The van der Waals surface area contributed by atoms with Gasteiger partial charge in [-0.3, -0.25) is 0 Å². The molecule has 37 heavy (non-hydrogen) atoms. The van der Waals surface area contributed by atoms with Gasteiger partial charge in [0.1, 0.15) is 22.9 Å². The highest BCUT2D eigenvalue weighted by atomic mass is 35.5. The predicted octanol–water partition coefficient (Wildman–Crippen LogP) is 6.28. The Balaban J connectivity index is 1.87. The van der Waals surface area contributed by atoms with Gasteiger partial charge in [-0.2, -0.15) is 5.26 Å². The minimum atomic E-state index is -1.35. The standard InChI is InChI=1S/C27H32Cl2N4O3S/c1-5-15-35-24-17-23(29)22(28)16-21(24)25(32-37(34)27(2,3)4)19-11-13-33(14-12-19)26(31-18-30)36-20-9-7-6-8-10-20/h5-10,16-17,19,25,32H,1,11-15H2,2-4H3. The molecule has 10 heteroatoms. The Labute approximate surface area is 232 Å². The molecule has 7 nitrogen and oxygen atoms in total. The van der Waals surface area contributed by atoms with Crippen LogP contribution in [0.25, 0.3) is 0 Å². The van der Waals surface area contributed by atoms with E-state index >= 15 is 0 Å². The van der Waals surface area contributed by atoms with Gasteiger partial charge >= 0.3 is 6.02 Å². The van der Waals surface area contributed by atoms with Gasteiger partial charge in [-0.1, -0.05) is 54.1 Å². The van der Waals surface area contributed by atoms with E-state index in [0.717, 1.165) is 18.4 Å². The number of likely N-dealkylation sites (tertiary alicyclic amines) is 1. The molecule has 3 rings (SSSR count). The summed E-state index contributed by atoms with van der Waals surface area (Å²) in [6.45, 7) is 11.0.